The Bertz CT molecular complexity index is 340. The molecule has 0 amide bonds. The van der Waals surface area contributed by atoms with E-state index in [9.17, 15) is 0 Å². The van der Waals surface area contributed by atoms with E-state index >= 15 is 0 Å². The van der Waals surface area contributed by atoms with Gasteiger partial charge in [-0.05, 0) is 36.0 Å². The van der Waals surface area contributed by atoms with E-state index in [1.165, 1.54) is 5.56 Å². The maximum absolute atomic E-state index is 6.01. The van der Waals surface area contributed by atoms with Gasteiger partial charge < -0.3 is 0 Å². The second kappa shape index (κ2) is 6.28. The third-order valence-electron chi connectivity index (χ3n) is 2.90. The van der Waals surface area contributed by atoms with E-state index in [1.54, 1.807) is 0 Å². The molecule has 0 aromatic heterocycles. The normalized spacial score (nSPS) is 15.2. The molecule has 3 heteroatoms. The SMILES string of the molecule is CC(C)C(Cc1ccc(Cl)c(Cl)c1)C(C)Br. The highest BCUT2D eigenvalue weighted by molar-refractivity contribution is 9.09. The van der Waals surface area contributed by atoms with Crippen molar-refractivity contribution in [2.45, 2.75) is 32.0 Å². The van der Waals surface area contributed by atoms with E-state index in [1.807, 2.05) is 12.1 Å². The number of rotatable bonds is 4. The van der Waals surface area contributed by atoms with E-state index in [2.05, 4.69) is 42.8 Å². The summed E-state index contributed by atoms with van der Waals surface area (Å²) < 4.78 is 0. The highest BCUT2D eigenvalue weighted by Gasteiger charge is 2.19. The quantitative estimate of drug-likeness (QED) is 0.633. The second-order valence-electron chi connectivity index (χ2n) is 4.54. The zero-order valence-corrected chi connectivity index (χ0v) is 12.9. The molecule has 90 valence electrons. The van der Waals surface area contributed by atoms with Gasteiger partial charge in [-0.15, -0.1) is 0 Å². The van der Waals surface area contributed by atoms with Crippen molar-refractivity contribution in [1.29, 1.82) is 0 Å². The molecule has 2 atom stereocenters. The first kappa shape index (κ1) is 14.3. The van der Waals surface area contributed by atoms with Crippen molar-refractivity contribution >= 4 is 39.1 Å². The number of alkyl halides is 1. The van der Waals surface area contributed by atoms with Crippen molar-refractivity contribution in [3.8, 4) is 0 Å². The smallest absolute Gasteiger partial charge is 0.0595 e. The van der Waals surface area contributed by atoms with Gasteiger partial charge in [0, 0.05) is 4.83 Å². The van der Waals surface area contributed by atoms with E-state index in [0.717, 1.165) is 6.42 Å². The van der Waals surface area contributed by atoms with Gasteiger partial charge in [0.15, 0.2) is 0 Å². The highest BCUT2D eigenvalue weighted by Crippen LogP contribution is 2.28. The van der Waals surface area contributed by atoms with Gasteiger partial charge in [-0.1, -0.05) is 66.0 Å². The Kier molecular flexibility index (Phi) is 5.63. The van der Waals surface area contributed by atoms with Crippen LogP contribution >= 0.6 is 39.1 Å². The van der Waals surface area contributed by atoms with Crippen molar-refractivity contribution in [2.75, 3.05) is 0 Å². The minimum atomic E-state index is 0.502. The van der Waals surface area contributed by atoms with Crippen LogP contribution in [0.4, 0.5) is 0 Å². The molecule has 1 rings (SSSR count). The van der Waals surface area contributed by atoms with Gasteiger partial charge in [-0.3, -0.25) is 0 Å². The van der Waals surface area contributed by atoms with Gasteiger partial charge in [-0.2, -0.15) is 0 Å². The lowest BCUT2D eigenvalue weighted by Gasteiger charge is -2.23. The lowest BCUT2D eigenvalue weighted by atomic mass is 9.87. The summed E-state index contributed by atoms with van der Waals surface area (Å²) >= 11 is 15.6. The Balaban J connectivity index is 2.81. The van der Waals surface area contributed by atoms with Gasteiger partial charge in [0.25, 0.3) is 0 Å². The first-order chi connectivity index (χ1) is 7.41. The molecule has 2 unspecified atom stereocenters. The molecule has 0 aliphatic carbocycles. The van der Waals surface area contributed by atoms with Gasteiger partial charge in [-0.25, -0.2) is 0 Å². The van der Waals surface area contributed by atoms with Crippen molar-refractivity contribution < 1.29 is 0 Å². The maximum Gasteiger partial charge on any atom is 0.0595 e. The van der Waals surface area contributed by atoms with E-state index in [4.69, 9.17) is 23.2 Å². The third-order valence-corrected chi connectivity index (χ3v) is 4.32. The minimum Gasteiger partial charge on any atom is -0.0890 e. The fraction of sp³-hybridized carbons (Fsp3) is 0.538. The number of halogens is 3. The Morgan fingerprint density at radius 3 is 2.19 bits per heavy atom. The van der Waals surface area contributed by atoms with Crippen molar-refractivity contribution in [2.24, 2.45) is 11.8 Å². The van der Waals surface area contributed by atoms with Crippen LogP contribution in [0.5, 0.6) is 0 Å². The van der Waals surface area contributed by atoms with Crippen LogP contribution in [0.1, 0.15) is 26.3 Å². The molecule has 0 saturated carbocycles. The topological polar surface area (TPSA) is 0 Å². The summed E-state index contributed by atoms with van der Waals surface area (Å²) in [5, 5.41) is 1.27. The van der Waals surface area contributed by atoms with E-state index in [0.29, 0.717) is 26.7 Å². The monoisotopic (exact) mass is 322 g/mol. The molecule has 1 aromatic carbocycles. The highest BCUT2D eigenvalue weighted by atomic mass is 79.9. The lowest BCUT2D eigenvalue weighted by Crippen LogP contribution is -2.20. The molecule has 0 nitrogen and oxygen atoms in total. The fourth-order valence-electron chi connectivity index (χ4n) is 1.87. The average Bonchev–Trinajstić information content (AvgIpc) is 2.18. The molecule has 0 radical (unpaired) electrons. The summed E-state index contributed by atoms with van der Waals surface area (Å²) in [6.07, 6.45) is 1.03. The van der Waals surface area contributed by atoms with Crippen molar-refractivity contribution in [3.05, 3.63) is 33.8 Å². The predicted octanol–water partition coefficient (Wildman–Crippen LogP) is 5.59. The van der Waals surface area contributed by atoms with Crippen LogP contribution in [0.25, 0.3) is 0 Å². The molecular formula is C13H17BrCl2. The summed E-state index contributed by atoms with van der Waals surface area (Å²) in [6.45, 7) is 6.70. The standard InChI is InChI=1S/C13H17BrCl2/c1-8(2)11(9(3)14)6-10-4-5-12(15)13(16)7-10/h4-5,7-9,11H,6H2,1-3H3. The van der Waals surface area contributed by atoms with Crippen molar-refractivity contribution in [3.63, 3.8) is 0 Å². The second-order valence-corrected chi connectivity index (χ2v) is 6.80. The Hall–Kier alpha value is 0.280. The zero-order valence-electron chi connectivity index (χ0n) is 9.81. The fourth-order valence-corrected chi connectivity index (χ4v) is 2.99. The van der Waals surface area contributed by atoms with Gasteiger partial charge in [0.2, 0.25) is 0 Å². The minimum absolute atomic E-state index is 0.502. The molecule has 0 bridgehead atoms. The van der Waals surface area contributed by atoms with Crippen LogP contribution in [0.2, 0.25) is 10.0 Å². The van der Waals surface area contributed by atoms with Gasteiger partial charge in [0.05, 0.1) is 10.0 Å². The molecule has 0 heterocycles. The van der Waals surface area contributed by atoms with Gasteiger partial charge >= 0.3 is 0 Å². The number of hydrogen-bond acceptors (Lipinski definition) is 0. The Morgan fingerprint density at radius 2 is 1.75 bits per heavy atom. The average molecular weight is 324 g/mol. The summed E-state index contributed by atoms with van der Waals surface area (Å²) in [6, 6.07) is 5.89. The summed E-state index contributed by atoms with van der Waals surface area (Å²) in [5.74, 6) is 1.25. The molecule has 1 aromatic rings. The van der Waals surface area contributed by atoms with E-state index < -0.39 is 0 Å². The third kappa shape index (κ3) is 3.94. The maximum atomic E-state index is 6.01. The molecule has 0 saturated heterocycles. The Labute approximate surface area is 116 Å². The van der Waals surface area contributed by atoms with Crippen LogP contribution in [0.3, 0.4) is 0 Å². The first-order valence-corrected chi connectivity index (χ1v) is 7.17. The van der Waals surface area contributed by atoms with Crippen LogP contribution in [-0.2, 0) is 6.42 Å². The molecule has 0 N–H and O–H groups in total. The zero-order chi connectivity index (χ0) is 12.3. The van der Waals surface area contributed by atoms with Crippen LogP contribution < -0.4 is 0 Å². The molecule has 16 heavy (non-hydrogen) atoms. The number of benzene rings is 1. The summed E-state index contributed by atoms with van der Waals surface area (Å²) in [4.78, 5) is 0.502. The van der Waals surface area contributed by atoms with E-state index in [-0.39, 0.29) is 0 Å². The predicted molar refractivity (Wildman–Crippen MR) is 76.9 cm³/mol. The lowest BCUT2D eigenvalue weighted by molar-refractivity contribution is 0.384. The molecule has 0 aliphatic heterocycles. The molecular weight excluding hydrogens is 307 g/mol. The molecule has 0 spiro atoms. The first-order valence-electron chi connectivity index (χ1n) is 5.49. The Morgan fingerprint density at radius 1 is 1.12 bits per heavy atom. The largest absolute Gasteiger partial charge is 0.0890 e. The molecule has 0 fully saturated rings. The van der Waals surface area contributed by atoms with Gasteiger partial charge in [0.1, 0.15) is 0 Å². The van der Waals surface area contributed by atoms with Crippen molar-refractivity contribution in [1.82, 2.24) is 0 Å². The summed E-state index contributed by atoms with van der Waals surface area (Å²) in [5.41, 5.74) is 1.25. The summed E-state index contributed by atoms with van der Waals surface area (Å²) in [7, 11) is 0. The number of hydrogen-bond donors (Lipinski definition) is 0. The van der Waals surface area contributed by atoms with Crippen LogP contribution in [0.15, 0.2) is 18.2 Å². The molecule has 0 aliphatic rings. The van der Waals surface area contributed by atoms with Crippen LogP contribution in [0, 0.1) is 11.8 Å². The van der Waals surface area contributed by atoms with Crippen LogP contribution in [-0.4, -0.2) is 4.83 Å².